The molecule has 0 amide bonds. The van der Waals surface area contributed by atoms with Crippen molar-refractivity contribution in [1.29, 1.82) is 0 Å². The minimum atomic E-state index is -2.44. The third-order valence-corrected chi connectivity index (χ3v) is 7.60. The molecule has 42 heavy (non-hydrogen) atoms. The molecule has 0 aromatic heterocycles. The van der Waals surface area contributed by atoms with Gasteiger partial charge in [0.2, 0.25) is 0 Å². The van der Waals surface area contributed by atoms with E-state index in [0.717, 1.165) is 54.0 Å². The number of rotatable bonds is 11. The van der Waals surface area contributed by atoms with Gasteiger partial charge in [-0.2, -0.15) is 0 Å². The van der Waals surface area contributed by atoms with Crippen molar-refractivity contribution in [2.45, 2.75) is 59.2 Å². The number of aliphatic imine (C=N–C) groups is 1. The van der Waals surface area contributed by atoms with E-state index in [0.29, 0.717) is 17.0 Å². The standard InChI is InChI=1S/C35H41F3N4/c1-6-10-34(42(23-33(37)38)32-14-8-7-11-25(32)4)41-19-17-29(18-20-41)40-30-15-16-31(26(5)21-30)35(39-24(2)3)27-12-9-13-28(36)22-27/h6-16,21-22,29,33-34,40H,2,17-20,23H2,1,3-5H3/b10-6-,39-35?. The van der Waals surface area contributed by atoms with Crippen LogP contribution in [0.5, 0.6) is 0 Å². The number of allylic oxidation sites excluding steroid dienone is 2. The minimum Gasteiger partial charge on any atom is -0.382 e. The summed E-state index contributed by atoms with van der Waals surface area (Å²) < 4.78 is 41.5. The van der Waals surface area contributed by atoms with Crippen LogP contribution in [0.15, 0.2) is 96.2 Å². The molecule has 0 saturated carbocycles. The number of aryl methyl sites for hydroxylation is 2. The first-order valence-electron chi connectivity index (χ1n) is 14.5. The van der Waals surface area contributed by atoms with Gasteiger partial charge in [0.15, 0.2) is 0 Å². The lowest BCUT2D eigenvalue weighted by molar-refractivity contribution is 0.130. The van der Waals surface area contributed by atoms with Gasteiger partial charge in [0.1, 0.15) is 12.0 Å². The van der Waals surface area contributed by atoms with Gasteiger partial charge in [-0.05, 0) is 82.0 Å². The normalized spacial score (nSPS) is 15.8. The van der Waals surface area contributed by atoms with E-state index in [1.165, 1.54) is 12.1 Å². The Morgan fingerprint density at radius 1 is 1.05 bits per heavy atom. The maximum Gasteiger partial charge on any atom is 0.255 e. The highest BCUT2D eigenvalue weighted by Gasteiger charge is 2.30. The second-order valence-corrected chi connectivity index (χ2v) is 11.0. The summed E-state index contributed by atoms with van der Waals surface area (Å²) in [5.74, 6) is -0.308. The van der Waals surface area contributed by atoms with Gasteiger partial charge in [-0.25, -0.2) is 13.2 Å². The number of hydrogen-bond acceptors (Lipinski definition) is 4. The zero-order valence-corrected chi connectivity index (χ0v) is 25.0. The fraction of sp³-hybridized carbons (Fsp3) is 0.343. The number of nitrogens with one attached hydrogen (secondary N) is 1. The number of para-hydroxylation sites is 1. The number of nitrogens with zero attached hydrogens (tertiary/aromatic N) is 3. The summed E-state index contributed by atoms with van der Waals surface area (Å²) in [6, 6.07) is 20.6. The molecular formula is C35H41F3N4. The van der Waals surface area contributed by atoms with E-state index in [2.05, 4.69) is 27.9 Å². The second kappa shape index (κ2) is 14.4. The highest BCUT2D eigenvalue weighted by Crippen LogP contribution is 2.28. The van der Waals surface area contributed by atoms with E-state index in [1.54, 1.807) is 6.07 Å². The molecule has 0 spiro atoms. The van der Waals surface area contributed by atoms with Crippen molar-refractivity contribution in [3.05, 3.63) is 119 Å². The Balaban J connectivity index is 1.47. The average Bonchev–Trinajstić information content (AvgIpc) is 2.95. The van der Waals surface area contributed by atoms with Crippen molar-refractivity contribution in [3.8, 4) is 0 Å². The highest BCUT2D eigenvalue weighted by molar-refractivity contribution is 6.14. The molecule has 222 valence electrons. The SMILES string of the molecule is C=C(C)N=C(c1cccc(F)c1)c1ccc(NC2CCN(C(/C=C\C)N(CC(F)F)c3ccccc3C)CC2)cc1C. The van der Waals surface area contributed by atoms with E-state index < -0.39 is 6.43 Å². The predicted octanol–water partition coefficient (Wildman–Crippen LogP) is 8.36. The van der Waals surface area contributed by atoms with Crippen LogP contribution in [0.1, 0.15) is 48.9 Å². The smallest absolute Gasteiger partial charge is 0.255 e. The van der Waals surface area contributed by atoms with Crippen molar-refractivity contribution in [3.63, 3.8) is 0 Å². The fourth-order valence-corrected chi connectivity index (χ4v) is 5.65. The first kappa shape index (κ1) is 31.1. The molecule has 1 atom stereocenters. The summed E-state index contributed by atoms with van der Waals surface area (Å²) >= 11 is 0. The van der Waals surface area contributed by atoms with E-state index in [1.807, 2.05) is 87.2 Å². The van der Waals surface area contributed by atoms with E-state index >= 15 is 0 Å². The highest BCUT2D eigenvalue weighted by atomic mass is 19.3. The molecule has 1 N–H and O–H groups in total. The van der Waals surface area contributed by atoms with Gasteiger partial charge in [-0.15, -0.1) is 0 Å². The van der Waals surface area contributed by atoms with Gasteiger partial charge in [0, 0.05) is 47.3 Å². The number of halogens is 3. The topological polar surface area (TPSA) is 30.9 Å². The predicted molar refractivity (Wildman–Crippen MR) is 169 cm³/mol. The van der Waals surface area contributed by atoms with Crippen molar-refractivity contribution < 1.29 is 13.2 Å². The number of anilines is 2. The fourth-order valence-electron chi connectivity index (χ4n) is 5.65. The molecule has 0 bridgehead atoms. The van der Waals surface area contributed by atoms with Gasteiger partial charge in [0.25, 0.3) is 6.43 Å². The zero-order chi connectivity index (χ0) is 30.2. The van der Waals surface area contributed by atoms with Gasteiger partial charge in [-0.3, -0.25) is 9.89 Å². The molecule has 1 saturated heterocycles. The zero-order valence-electron chi connectivity index (χ0n) is 25.0. The van der Waals surface area contributed by atoms with Crippen LogP contribution >= 0.6 is 0 Å². The summed E-state index contributed by atoms with van der Waals surface area (Å²) in [6.45, 7) is 12.9. The lowest BCUT2D eigenvalue weighted by atomic mass is 9.96. The second-order valence-electron chi connectivity index (χ2n) is 11.0. The molecule has 1 unspecified atom stereocenters. The van der Waals surface area contributed by atoms with Crippen LogP contribution in [0.4, 0.5) is 24.5 Å². The van der Waals surface area contributed by atoms with Crippen LogP contribution < -0.4 is 10.2 Å². The van der Waals surface area contributed by atoms with Gasteiger partial charge in [-0.1, -0.05) is 55.1 Å². The summed E-state index contributed by atoms with van der Waals surface area (Å²) in [4.78, 5) is 8.76. The molecule has 1 fully saturated rings. The lowest BCUT2D eigenvalue weighted by Crippen LogP contribution is -2.53. The van der Waals surface area contributed by atoms with E-state index in [9.17, 15) is 13.2 Å². The lowest BCUT2D eigenvalue weighted by Gasteiger charge is -2.43. The van der Waals surface area contributed by atoms with Crippen LogP contribution in [0.3, 0.4) is 0 Å². The molecule has 1 heterocycles. The number of piperidine rings is 1. The first-order valence-corrected chi connectivity index (χ1v) is 14.5. The largest absolute Gasteiger partial charge is 0.382 e. The third kappa shape index (κ3) is 7.91. The number of benzene rings is 3. The molecule has 0 radical (unpaired) electrons. The molecule has 4 rings (SSSR count). The van der Waals surface area contributed by atoms with E-state index in [4.69, 9.17) is 0 Å². The van der Waals surface area contributed by atoms with Crippen molar-refractivity contribution in [2.75, 3.05) is 29.9 Å². The number of likely N-dealkylation sites (tertiary alicyclic amines) is 1. The van der Waals surface area contributed by atoms with Gasteiger partial charge < -0.3 is 10.2 Å². The quantitative estimate of drug-likeness (QED) is 0.184. The summed E-state index contributed by atoms with van der Waals surface area (Å²) in [5.41, 5.74) is 6.82. The Labute approximate surface area is 248 Å². The summed E-state index contributed by atoms with van der Waals surface area (Å²) in [6.07, 6.45) is 3.05. The monoisotopic (exact) mass is 574 g/mol. The van der Waals surface area contributed by atoms with Crippen molar-refractivity contribution >= 4 is 17.1 Å². The van der Waals surface area contributed by atoms with Crippen molar-refractivity contribution in [1.82, 2.24) is 4.90 Å². The number of alkyl halides is 2. The van der Waals surface area contributed by atoms with Crippen molar-refractivity contribution in [2.24, 2.45) is 4.99 Å². The average molecular weight is 575 g/mol. The van der Waals surface area contributed by atoms with Crippen LogP contribution in [0, 0.1) is 19.7 Å². The Morgan fingerprint density at radius 2 is 1.79 bits per heavy atom. The maximum atomic E-state index is 14.0. The van der Waals surface area contributed by atoms with Crippen LogP contribution in [-0.4, -0.2) is 48.9 Å². The first-order chi connectivity index (χ1) is 20.2. The summed E-state index contributed by atoms with van der Waals surface area (Å²) in [5, 5.41) is 3.68. The molecular weight excluding hydrogens is 533 g/mol. The Hall–Kier alpha value is -3.84. The van der Waals surface area contributed by atoms with Gasteiger partial charge in [0.05, 0.1) is 12.3 Å². The Bertz CT molecular complexity index is 1420. The molecule has 7 heteroatoms. The summed E-state index contributed by atoms with van der Waals surface area (Å²) in [7, 11) is 0. The third-order valence-electron chi connectivity index (χ3n) is 7.60. The van der Waals surface area contributed by atoms with Crippen LogP contribution in [0.2, 0.25) is 0 Å². The molecule has 3 aromatic carbocycles. The molecule has 1 aliphatic rings. The maximum absolute atomic E-state index is 14.0. The van der Waals surface area contributed by atoms with E-state index in [-0.39, 0.29) is 24.6 Å². The van der Waals surface area contributed by atoms with Gasteiger partial charge >= 0.3 is 0 Å². The molecule has 3 aromatic rings. The molecule has 0 aliphatic carbocycles. The van der Waals surface area contributed by atoms with Crippen LogP contribution in [0.25, 0.3) is 0 Å². The molecule has 4 nitrogen and oxygen atoms in total. The Kier molecular flexibility index (Phi) is 10.6. The Morgan fingerprint density at radius 3 is 2.40 bits per heavy atom. The molecule has 1 aliphatic heterocycles. The number of hydrogen-bond donors (Lipinski definition) is 1. The minimum absolute atomic E-state index is 0.249. The van der Waals surface area contributed by atoms with Crippen LogP contribution in [-0.2, 0) is 0 Å².